The second-order valence-electron chi connectivity index (χ2n) is 5.24. The fourth-order valence-corrected chi connectivity index (χ4v) is 2.68. The Balaban J connectivity index is 1.93. The smallest absolute Gasteiger partial charge is 0.256 e. The summed E-state index contributed by atoms with van der Waals surface area (Å²) in [4.78, 5) is 23.1. The standard InChI is InChI=1S/C15H18N4O2/c1-10-8-19(9-11(7-16)21-10)15(20)12-3-2-4-13-14(12)18-6-5-17-13/h2-6,10-11H,7-9,16H2,1H3. The topological polar surface area (TPSA) is 81.3 Å². The van der Waals surface area contributed by atoms with Crippen molar-refractivity contribution in [3.8, 4) is 0 Å². The zero-order valence-electron chi connectivity index (χ0n) is 11.9. The monoisotopic (exact) mass is 286 g/mol. The minimum atomic E-state index is -0.112. The predicted octanol–water partition coefficient (Wildman–Crippen LogP) is 0.818. The van der Waals surface area contributed by atoms with Gasteiger partial charge in [-0.3, -0.25) is 14.8 Å². The molecule has 6 nitrogen and oxygen atoms in total. The van der Waals surface area contributed by atoms with Gasteiger partial charge in [0, 0.05) is 32.0 Å². The van der Waals surface area contributed by atoms with E-state index in [0.29, 0.717) is 30.7 Å². The number of nitrogens with two attached hydrogens (primary N) is 1. The second-order valence-corrected chi connectivity index (χ2v) is 5.24. The van der Waals surface area contributed by atoms with Crippen molar-refractivity contribution in [2.45, 2.75) is 19.1 Å². The Kier molecular flexibility index (Phi) is 3.81. The number of aromatic nitrogens is 2. The average molecular weight is 286 g/mol. The number of para-hydroxylation sites is 1. The van der Waals surface area contributed by atoms with Crippen LogP contribution in [0.25, 0.3) is 11.0 Å². The van der Waals surface area contributed by atoms with Crippen molar-refractivity contribution in [1.29, 1.82) is 0 Å². The van der Waals surface area contributed by atoms with Crippen molar-refractivity contribution in [1.82, 2.24) is 14.9 Å². The number of morpholine rings is 1. The summed E-state index contributed by atoms with van der Waals surface area (Å²) in [7, 11) is 0. The van der Waals surface area contributed by atoms with Crippen LogP contribution in [0.1, 0.15) is 17.3 Å². The zero-order chi connectivity index (χ0) is 14.8. The van der Waals surface area contributed by atoms with E-state index in [1.165, 1.54) is 0 Å². The molecule has 1 aliphatic rings. The molecule has 0 aliphatic carbocycles. The van der Waals surface area contributed by atoms with Gasteiger partial charge in [-0.15, -0.1) is 0 Å². The first-order valence-corrected chi connectivity index (χ1v) is 7.03. The Morgan fingerprint density at radius 1 is 1.38 bits per heavy atom. The van der Waals surface area contributed by atoms with Gasteiger partial charge in [0.2, 0.25) is 0 Å². The third-order valence-corrected chi connectivity index (χ3v) is 3.61. The predicted molar refractivity (Wildman–Crippen MR) is 78.8 cm³/mol. The summed E-state index contributed by atoms with van der Waals surface area (Å²) in [6, 6.07) is 5.47. The van der Waals surface area contributed by atoms with E-state index in [1.807, 2.05) is 19.1 Å². The summed E-state index contributed by atoms with van der Waals surface area (Å²) in [5.74, 6) is -0.0466. The molecular formula is C15H18N4O2. The number of benzene rings is 1. The average Bonchev–Trinajstić information content (AvgIpc) is 2.53. The number of amides is 1. The van der Waals surface area contributed by atoms with Crippen molar-refractivity contribution in [2.24, 2.45) is 5.73 Å². The fourth-order valence-electron chi connectivity index (χ4n) is 2.68. The van der Waals surface area contributed by atoms with Gasteiger partial charge in [-0.1, -0.05) is 6.07 Å². The molecule has 1 aromatic carbocycles. The van der Waals surface area contributed by atoms with Gasteiger partial charge >= 0.3 is 0 Å². The molecule has 2 aromatic rings. The van der Waals surface area contributed by atoms with Crippen LogP contribution in [0.5, 0.6) is 0 Å². The molecule has 1 fully saturated rings. The molecule has 6 heteroatoms. The van der Waals surface area contributed by atoms with Gasteiger partial charge in [-0.2, -0.15) is 0 Å². The van der Waals surface area contributed by atoms with E-state index in [1.54, 1.807) is 23.4 Å². The lowest BCUT2D eigenvalue weighted by Gasteiger charge is -2.36. The summed E-state index contributed by atoms with van der Waals surface area (Å²) in [6.45, 7) is 3.43. The van der Waals surface area contributed by atoms with E-state index < -0.39 is 0 Å². The molecule has 0 spiro atoms. The summed E-state index contributed by atoms with van der Waals surface area (Å²) in [6.07, 6.45) is 3.10. The normalized spacial score (nSPS) is 22.5. The van der Waals surface area contributed by atoms with E-state index in [2.05, 4.69) is 9.97 Å². The Morgan fingerprint density at radius 3 is 3.00 bits per heavy atom. The van der Waals surface area contributed by atoms with Crippen molar-refractivity contribution in [3.05, 3.63) is 36.2 Å². The van der Waals surface area contributed by atoms with E-state index in [-0.39, 0.29) is 18.1 Å². The molecule has 3 rings (SSSR count). The molecular weight excluding hydrogens is 268 g/mol. The van der Waals surface area contributed by atoms with E-state index in [0.717, 1.165) is 5.52 Å². The highest BCUT2D eigenvalue weighted by molar-refractivity contribution is 6.04. The van der Waals surface area contributed by atoms with Crippen LogP contribution >= 0.6 is 0 Å². The number of hydrogen-bond donors (Lipinski definition) is 1. The Bertz CT molecular complexity index is 656. The molecule has 2 unspecified atom stereocenters. The molecule has 1 aromatic heterocycles. The maximum atomic E-state index is 12.8. The quantitative estimate of drug-likeness (QED) is 0.884. The van der Waals surface area contributed by atoms with Crippen molar-refractivity contribution < 1.29 is 9.53 Å². The van der Waals surface area contributed by atoms with Crippen LogP contribution in [-0.4, -0.2) is 52.6 Å². The molecule has 1 aliphatic heterocycles. The van der Waals surface area contributed by atoms with E-state index >= 15 is 0 Å². The first-order chi connectivity index (χ1) is 10.2. The van der Waals surface area contributed by atoms with Crippen LogP contribution in [0, 0.1) is 0 Å². The van der Waals surface area contributed by atoms with E-state index in [4.69, 9.17) is 10.5 Å². The number of rotatable bonds is 2. The number of hydrogen-bond acceptors (Lipinski definition) is 5. The number of ether oxygens (including phenoxy) is 1. The molecule has 0 radical (unpaired) electrons. The van der Waals surface area contributed by atoms with Gasteiger partial charge in [-0.05, 0) is 19.1 Å². The molecule has 21 heavy (non-hydrogen) atoms. The molecule has 1 amide bonds. The fraction of sp³-hybridized carbons (Fsp3) is 0.400. The lowest BCUT2D eigenvalue weighted by atomic mass is 10.1. The maximum Gasteiger partial charge on any atom is 0.256 e. The molecule has 2 N–H and O–H groups in total. The highest BCUT2D eigenvalue weighted by Gasteiger charge is 2.29. The minimum absolute atomic E-state index is 0.0164. The SMILES string of the molecule is CC1CN(C(=O)c2cccc3nccnc23)CC(CN)O1. The third kappa shape index (κ3) is 2.72. The van der Waals surface area contributed by atoms with Crippen molar-refractivity contribution in [3.63, 3.8) is 0 Å². The minimum Gasteiger partial charge on any atom is -0.370 e. The Morgan fingerprint density at radius 2 is 2.19 bits per heavy atom. The Labute approximate surface area is 122 Å². The van der Waals surface area contributed by atoms with Crippen LogP contribution < -0.4 is 5.73 Å². The second kappa shape index (κ2) is 5.75. The number of fused-ring (bicyclic) bond motifs is 1. The largest absolute Gasteiger partial charge is 0.370 e. The van der Waals surface area contributed by atoms with Gasteiger partial charge in [0.15, 0.2) is 0 Å². The molecule has 0 saturated carbocycles. The Hall–Kier alpha value is -2.05. The van der Waals surface area contributed by atoms with Gasteiger partial charge < -0.3 is 15.4 Å². The first kappa shape index (κ1) is 13.9. The van der Waals surface area contributed by atoms with Crippen LogP contribution in [0.15, 0.2) is 30.6 Å². The van der Waals surface area contributed by atoms with Crippen LogP contribution in [0.4, 0.5) is 0 Å². The van der Waals surface area contributed by atoms with Crippen LogP contribution in [0.2, 0.25) is 0 Å². The molecule has 2 atom stereocenters. The first-order valence-electron chi connectivity index (χ1n) is 7.03. The molecule has 0 bridgehead atoms. The summed E-state index contributed by atoms with van der Waals surface area (Å²) < 4.78 is 5.69. The van der Waals surface area contributed by atoms with Crippen molar-refractivity contribution in [2.75, 3.05) is 19.6 Å². The van der Waals surface area contributed by atoms with Gasteiger partial charge in [0.25, 0.3) is 5.91 Å². The van der Waals surface area contributed by atoms with Gasteiger partial charge in [-0.25, -0.2) is 0 Å². The number of carbonyl (C=O) groups excluding carboxylic acids is 1. The molecule has 2 heterocycles. The lowest BCUT2D eigenvalue weighted by Crippen LogP contribution is -2.51. The summed E-state index contributed by atoms with van der Waals surface area (Å²) >= 11 is 0. The molecule has 110 valence electrons. The lowest BCUT2D eigenvalue weighted by molar-refractivity contribution is -0.0625. The van der Waals surface area contributed by atoms with Gasteiger partial charge in [0.05, 0.1) is 23.3 Å². The van der Waals surface area contributed by atoms with Crippen molar-refractivity contribution >= 4 is 16.9 Å². The van der Waals surface area contributed by atoms with Crippen LogP contribution in [0.3, 0.4) is 0 Å². The third-order valence-electron chi connectivity index (χ3n) is 3.61. The molecule has 1 saturated heterocycles. The summed E-state index contributed by atoms with van der Waals surface area (Å²) in [5, 5.41) is 0. The zero-order valence-corrected chi connectivity index (χ0v) is 11.9. The highest BCUT2D eigenvalue weighted by Crippen LogP contribution is 2.19. The number of nitrogens with zero attached hydrogens (tertiary/aromatic N) is 3. The van der Waals surface area contributed by atoms with Gasteiger partial charge in [0.1, 0.15) is 5.52 Å². The van der Waals surface area contributed by atoms with Crippen LogP contribution in [-0.2, 0) is 4.74 Å². The summed E-state index contributed by atoms with van der Waals surface area (Å²) in [5.41, 5.74) is 7.60. The number of carbonyl (C=O) groups is 1. The maximum absolute atomic E-state index is 12.8. The van der Waals surface area contributed by atoms with E-state index in [9.17, 15) is 4.79 Å². The highest BCUT2D eigenvalue weighted by atomic mass is 16.5.